The summed E-state index contributed by atoms with van der Waals surface area (Å²) in [5.41, 5.74) is 5.76. The van der Waals surface area contributed by atoms with Crippen LogP contribution in [0.4, 0.5) is 11.9 Å². The predicted molar refractivity (Wildman–Crippen MR) is 85.8 cm³/mol. The van der Waals surface area contributed by atoms with E-state index in [0.29, 0.717) is 11.8 Å². The van der Waals surface area contributed by atoms with Crippen LogP contribution in [0.3, 0.4) is 0 Å². The number of benzene rings is 1. The topological polar surface area (TPSA) is 77.2 Å². The first kappa shape index (κ1) is 15.4. The van der Waals surface area contributed by atoms with E-state index in [0.717, 1.165) is 10.6 Å². The van der Waals surface area contributed by atoms with Gasteiger partial charge in [0, 0.05) is 19.0 Å². The Labute approximate surface area is 128 Å². The molecule has 6 nitrogen and oxygen atoms in total. The molecule has 0 amide bonds. The fraction of sp³-hybridized carbons (Fsp3) is 0.357. The van der Waals surface area contributed by atoms with Crippen molar-refractivity contribution in [2.45, 2.75) is 17.1 Å². The zero-order chi connectivity index (χ0) is 15.4. The van der Waals surface area contributed by atoms with Crippen molar-refractivity contribution >= 4 is 23.7 Å². The Hall–Kier alpha value is -2.02. The Balaban J connectivity index is 2.21. The summed E-state index contributed by atoms with van der Waals surface area (Å²) >= 11 is 1.65. The summed E-state index contributed by atoms with van der Waals surface area (Å²) in [6, 6.07) is 7.89. The second-order valence-corrected chi connectivity index (χ2v) is 6.10. The zero-order valence-corrected chi connectivity index (χ0v) is 13.4. The van der Waals surface area contributed by atoms with E-state index < -0.39 is 0 Å². The van der Waals surface area contributed by atoms with Crippen molar-refractivity contribution in [1.29, 1.82) is 0 Å². The molecule has 0 fully saturated rings. The maximum absolute atomic E-state index is 5.76. The van der Waals surface area contributed by atoms with Gasteiger partial charge in [0.1, 0.15) is 11.6 Å². The second kappa shape index (κ2) is 6.62. The van der Waals surface area contributed by atoms with Crippen LogP contribution in [0.15, 0.2) is 29.2 Å². The lowest BCUT2D eigenvalue weighted by atomic mass is 10.3. The molecule has 1 heterocycles. The minimum absolute atomic E-state index is 0.0566. The Bertz CT molecular complexity index is 620. The molecule has 0 aliphatic heterocycles. The molecule has 0 spiro atoms. The van der Waals surface area contributed by atoms with Gasteiger partial charge in [-0.3, -0.25) is 0 Å². The molecule has 1 aromatic carbocycles. The van der Waals surface area contributed by atoms with Gasteiger partial charge in [-0.2, -0.15) is 15.0 Å². The molecule has 2 N–H and O–H groups in total. The number of thioether (sulfide) groups is 1. The largest absolute Gasteiger partial charge is 0.497 e. The van der Waals surface area contributed by atoms with Crippen LogP contribution >= 0.6 is 11.8 Å². The number of methoxy groups -OCH3 is 1. The molecule has 112 valence electrons. The summed E-state index contributed by atoms with van der Waals surface area (Å²) < 4.78 is 5.23. The molecule has 2 aromatic rings. The molecule has 0 aliphatic carbocycles. The summed E-state index contributed by atoms with van der Waals surface area (Å²) in [6.07, 6.45) is 0. The van der Waals surface area contributed by atoms with Crippen LogP contribution in [0.5, 0.6) is 5.75 Å². The molecule has 0 aliphatic rings. The summed E-state index contributed by atoms with van der Waals surface area (Å²) in [4.78, 5) is 15.7. The van der Waals surface area contributed by atoms with E-state index in [9.17, 15) is 0 Å². The highest BCUT2D eigenvalue weighted by Gasteiger charge is 2.14. The van der Waals surface area contributed by atoms with Crippen LogP contribution in [0.25, 0.3) is 0 Å². The number of nitrogens with zero attached hydrogens (tertiary/aromatic N) is 4. The zero-order valence-electron chi connectivity index (χ0n) is 12.6. The van der Waals surface area contributed by atoms with E-state index in [2.05, 4.69) is 15.0 Å². The average molecular weight is 305 g/mol. The maximum Gasteiger partial charge on any atom is 0.229 e. The van der Waals surface area contributed by atoms with Crippen molar-refractivity contribution in [3.63, 3.8) is 0 Å². The van der Waals surface area contributed by atoms with Gasteiger partial charge in [0.05, 0.1) is 12.4 Å². The molecule has 21 heavy (non-hydrogen) atoms. The van der Waals surface area contributed by atoms with Gasteiger partial charge < -0.3 is 15.4 Å². The third-order valence-electron chi connectivity index (χ3n) is 2.78. The van der Waals surface area contributed by atoms with Gasteiger partial charge in [-0.05, 0) is 25.1 Å². The Morgan fingerprint density at radius 3 is 2.67 bits per heavy atom. The van der Waals surface area contributed by atoms with Crippen LogP contribution in [-0.4, -0.2) is 36.2 Å². The minimum atomic E-state index is 0.0566. The SMILES string of the molecule is COc1cccc(S[C@@H](C)c2nc(N)nc(N(C)C)n2)c1. The number of rotatable bonds is 5. The predicted octanol–water partition coefficient (Wildman–Crippen LogP) is 2.38. The van der Waals surface area contributed by atoms with E-state index in [1.54, 1.807) is 18.9 Å². The molecule has 0 bridgehead atoms. The number of aromatic nitrogens is 3. The monoisotopic (exact) mass is 305 g/mol. The molecule has 0 saturated heterocycles. The average Bonchev–Trinajstić information content (AvgIpc) is 2.46. The summed E-state index contributed by atoms with van der Waals surface area (Å²) in [5, 5.41) is 0.0566. The van der Waals surface area contributed by atoms with Crippen LogP contribution in [0.1, 0.15) is 18.0 Å². The summed E-state index contributed by atoms with van der Waals surface area (Å²) in [7, 11) is 5.40. The van der Waals surface area contributed by atoms with E-state index in [4.69, 9.17) is 10.5 Å². The van der Waals surface area contributed by atoms with Crippen LogP contribution in [0, 0.1) is 0 Å². The third-order valence-corrected chi connectivity index (χ3v) is 3.87. The first-order chi connectivity index (χ1) is 9.99. The third kappa shape index (κ3) is 3.98. The fourth-order valence-electron chi connectivity index (χ4n) is 1.71. The lowest BCUT2D eigenvalue weighted by Gasteiger charge is -2.15. The van der Waals surface area contributed by atoms with E-state index >= 15 is 0 Å². The molecule has 7 heteroatoms. The van der Waals surface area contributed by atoms with Crippen molar-refractivity contribution in [3.05, 3.63) is 30.1 Å². The standard InChI is InChI=1S/C14H19N5OS/c1-9(21-11-7-5-6-10(8-11)20-4)12-16-13(15)18-14(17-12)19(2)3/h5-9H,1-4H3,(H2,15,16,17,18)/t9-/m0/s1. The van der Waals surface area contributed by atoms with Gasteiger partial charge in [0.15, 0.2) is 0 Å². The van der Waals surface area contributed by atoms with E-state index in [1.165, 1.54) is 0 Å². The van der Waals surface area contributed by atoms with E-state index in [1.807, 2.05) is 50.2 Å². The van der Waals surface area contributed by atoms with Gasteiger partial charge >= 0.3 is 0 Å². The number of anilines is 2. The van der Waals surface area contributed by atoms with Crippen LogP contribution < -0.4 is 15.4 Å². The quantitative estimate of drug-likeness (QED) is 0.850. The van der Waals surface area contributed by atoms with Crippen LogP contribution in [0.2, 0.25) is 0 Å². The highest BCUT2D eigenvalue weighted by Crippen LogP contribution is 2.34. The molecule has 0 saturated carbocycles. The maximum atomic E-state index is 5.76. The normalized spacial score (nSPS) is 12.0. The van der Waals surface area contributed by atoms with Crippen molar-refractivity contribution in [1.82, 2.24) is 15.0 Å². The molecule has 0 radical (unpaired) electrons. The molecule has 1 atom stereocenters. The number of hydrogen-bond acceptors (Lipinski definition) is 7. The van der Waals surface area contributed by atoms with Gasteiger partial charge in [0.2, 0.25) is 11.9 Å². The lowest BCUT2D eigenvalue weighted by molar-refractivity contribution is 0.413. The fourth-order valence-corrected chi connectivity index (χ4v) is 2.67. The molecule has 1 aromatic heterocycles. The Kier molecular flexibility index (Phi) is 4.85. The Morgan fingerprint density at radius 1 is 1.24 bits per heavy atom. The minimum Gasteiger partial charge on any atom is -0.497 e. The van der Waals surface area contributed by atoms with Crippen molar-refractivity contribution in [2.75, 3.05) is 31.8 Å². The van der Waals surface area contributed by atoms with Gasteiger partial charge in [-0.25, -0.2) is 0 Å². The van der Waals surface area contributed by atoms with Gasteiger partial charge in [0.25, 0.3) is 0 Å². The smallest absolute Gasteiger partial charge is 0.229 e. The number of ether oxygens (including phenoxy) is 1. The van der Waals surface area contributed by atoms with Gasteiger partial charge in [-0.1, -0.05) is 6.07 Å². The summed E-state index contributed by atoms with van der Waals surface area (Å²) in [5.74, 6) is 2.30. The van der Waals surface area contributed by atoms with E-state index in [-0.39, 0.29) is 11.2 Å². The summed E-state index contributed by atoms with van der Waals surface area (Å²) in [6.45, 7) is 2.04. The first-order valence-electron chi connectivity index (χ1n) is 6.49. The first-order valence-corrected chi connectivity index (χ1v) is 7.37. The molecule has 2 rings (SSSR count). The Morgan fingerprint density at radius 2 is 2.00 bits per heavy atom. The van der Waals surface area contributed by atoms with Gasteiger partial charge in [-0.15, -0.1) is 11.8 Å². The number of nitrogens with two attached hydrogens (primary N) is 1. The number of nitrogen functional groups attached to an aromatic ring is 1. The van der Waals surface area contributed by atoms with Crippen molar-refractivity contribution < 1.29 is 4.74 Å². The van der Waals surface area contributed by atoms with Crippen molar-refractivity contribution in [3.8, 4) is 5.75 Å². The van der Waals surface area contributed by atoms with Crippen LogP contribution in [-0.2, 0) is 0 Å². The highest BCUT2D eigenvalue weighted by atomic mass is 32.2. The molecular formula is C14H19N5OS. The lowest BCUT2D eigenvalue weighted by Crippen LogP contribution is -2.16. The highest BCUT2D eigenvalue weighted by molar-refractivity contribution is 7.99. The molecule has 0 unspecified atom stereocenters. The molecular weight excluding hydrogens is 286 g/mol. The number of hydrogen-bond donors (Lipinski definition) is 1. The second-order valence-electron chi connectivity index (χ2n) is 4.69. The van der Waals surface area contributed by atoms with Crippen molar-refractivity contribution in [2.24, 2.45) is 0 Å².